The fourth-order valence-corrected chi connectivity index (χ4v) is 4.18. The number of rotatable bonds is 11. The van der Waals surface area contributed by atoms with Crippen molar-refractivity contribution < 1.29 is 29.4 Å². The number of anilines is 2. The van der Waals surface area contributed by atoms with E-state index >= 15 is 0 Å². The van der Waals surface area contributed by atoms with Gasteiger partial charge in [0, 0.05) is 31.5 Å². The number of pyridine rings is 1. The molecule has 194 valence electrons. The average molecular weight is 526 g/mol. The standard InChI is InChI=1S/C23H25N7O6S/c1-13(31)26-21-28-17(18(37-21)19(32)25-12-15-8-10-24-11-9-15)7-4-14-2-5-16(6-3-14)27-20(29-22(33)34)30-23(35)36/h2-3,5-6,8-11,20,27,29-30H,4,7,12H2,1H3,(H,25,32)(H,33,34)(H,35,36)(H,26,28,31)/p-2. The van der Waals surface area contributed by atoms with E-state index in [1.807, 2.05) is 10.6 Å². The van der Waals surface area contributed by atoms with Gasteiger partial charge in [0.15, 0.2) is 11.4 Å². The van der Waals surface area contributed by atoms with E-state index in [4.69, 9.17) is 0 Å². The molecule has 2 heterocycles. The van der Waals surface area contributed by atoms with Gasteiger partial charge < -0.3 is 46.4 Å². The minimum atomic E-state index is -1.68. The van der Waals surface area contributed by atoms with Crippen LogP contribution in [-0.2, 0) is 24.2 Å². The predicted molar refractivity (Wildman–Crippen MR) is 130 cm³/mol. The fraction of sp³-hybridized carbons (Fsp3) is 0.217. The van der Waals surface area contributed by atoms with Gasteiger partial charge in [-0.1, -0.05) is 23.5 Å². The first-order valence-corrected chi connectivity index (χ1v) is 11.8. The van der Waals surface area contributed by atoms with Crippen LogP contribution in [0.3, 0.4) is 0 Å². The highest BCUT2D eigenvalue weighted by molar-refractivity contribution is 7.17. The Morgan fingerprint density at radius 2 is 1.57 bits per heavy atom. The number of nitrogens with zero attached hydrogens (tertiary/aromatic N) is 2. The van der Waals surface area contributed by atoms with Crippen molar-refractivity contribution in [1.82, 2.24) is 25.9 Å². The van der Waals surface area contributed by atoms with Crippen molar-refractivity contribution >= 4 is 46.2 Å². The molecule has 0 spiro atoms. The SMILES string of the molecule is CC(=O)Nc1nc(CCc2ccc(NC(NC(=O)[O-])NC(=O)[O-])cc2)c(C(=O)NCc2ccncc2)s1. The molecule has 0 saturated carbocycles. The Morgan fingerprint density at radius 3 is 2.16 bits per heavy atom. The van der Waals surface area contributed by atoms with Gasteiger partial charge in [-0.15, -0.1) is 0 Å². The number of carbonyl (C=O) groups is 4. The number of thiazole rings is 1. The quantitative estimate of drug-likeness (QED) is 0.210. The maximum Gasteiger partial charge on any atom is 0.263 e. The number of amides is 4. The van der Waals surface area contributed by atoms with Crippen molar-refractivity contribution in [3.8, 4) is 0 Å². The first-order valence-electron chi connectivity index (χ1n) is 10.9. The zero-order valence-electron chi connectivity index (χ0n) is 19.6. The normalized spacial score (nSPS) is 10.4. The van der Waals surface area contributed by atoms with Crippen molar-refractivity contribution in [3.05, 3.63) is 70.5 Å². The minimum absolute atomic E-state index is 0.299. The highest BCUT2D eigenvalue weighted by Crippen LogP contribution is 2.25. The molecule has 5 N–H and O–H groups in total. The van der Waals surface area contributed by atoms with Crippen LogP contribution < -0.4 is 36.8 Å². The maximum absolute atomic E-state index is 12.9. The molecule has 37 heavy (non-hydrogen) atoms. The molecule has 3 aromatic rings. The second kappa shape index (κ2) is 12.8. The van der Waals surface area contributed by atoms with Crippen molar-refractivity contribution in [3.63, 3.8) is 0 Å². The van der Waals surface area contributed by atoms with E-state index in [1.165, 1.54) is 6.92 Å². The van der Waals surface area contributed by atoms with E-state index in [-0.39, 0.29) is 11.8 Å². The number of carboxylic acid groups (broad SMARTS) is 2. The number of aromatic nitrogens is 2. The van der Waals surface area contributed by atoms with Gasteiger partial charge in [0.05, 0.1) is 5.69 Å². The average Bonchev–Trinajstić information content (AvgIpc) is 3.24. The molecular weight excluding hydrogens is 502 g/mol. The summed E-state index contributed by atoms with van der Waals surface area (Å²) in [4.78, 5) is 54.6. The molecule has 2 aromatic heterocycles. The van der Waals surface area contributed by atoms with E-state index in [2.05, 4.69) is 25.9 Å². The molecule has 0 radical (unpaired) electrons. The Bertz CT molecular complexity index is 1230. The number of hydrogen-bond donors (Lipinski definition) is 5. The van der Waals surface area contributed by atoms with Gasteiger partial charge in [-0.05, 0) is 48.2 Å². The largest absolute Gasteiger partial charge is 0.530 e. The second-order valence-corrected chi connectivity index (χ2v) is 8.65. The highest BCUT2D eigenvalue weighted by atomic mass is 32.1. The number of aryl methyl sites for hydroxylation is 2. The Labute approximate surface area is 215 Å². The summed E-state index contributed by atoms with van der Waals surface area (Å²) in [6.07, 6.45) is -0.537. The van der Waals surface area contributed by atoms with Gasteiger partial charge in [0.25, 0.3) is 5.91 Å². The van der Waals surface area contributed by atoms with Crippen LogP contribution in [0.5, 0.6) is 0 Å². The highest BCUT2D eigenvalue weighted by Gasteiger charge is 2.19. The van der Waals surface area contributed by atoms with Crippen LogP contribution in [-0.4, -0.2) is 40.3 Å². The molecule has 1 aromatic carbocycles. The Morgan fingerprint density at radius 1 is 0.919 bits per heavy atom. The molecule has 0 unspecified atom stereocenters. The first kappa shape index (κ1) is 26.9. The molecule has 0 bridgehead atoms. The van der Waals surface area contributed by atoms with Crippen molar-refractivity contribution in [2.75, 3.05) is 10.6 Å². The molecule has 4 amide bonds. The lowest BCUT2D eigenvalue weighted by Gasteiger charge is -2.24. The van der Waals surface area contributed by atoms with Crippen LogP contribution in [0.1, 0.15) is 33.4 Å². The minimum Gasteiger partial charge on any atom is -0.530 e. The van der Waals surface area contributed by atoms with E-state index < -0.39 is 18.5 Å². The number of nitrogens with one attached hydrogen (secondary N) is 5. The third kappa shape index (κ3) is 8.78. The first-order chi connectivity index (χ1) is 17.7. The summed E-state index contributed by atoms with van der Waals surface area (Å²) in [5.41, 5.74) is 2.71. The van der Waals surface area contributed by atoms with Gasteiger partial charge in [-0.3, -0.25) is 14.6 Å². The van der Waals surface area contributed by atoms with Crippen LogP contribution in [0.15, 0.2) is 48.8 Å². The fourth-order valence-electron chi connectivity index (χ4n) is 3.21. The molecule has 0 fully saturated rings. The van der Waals surface area contributed by atoms with Crippen molar-refractivity contribution in [1.29, 1.82) is 0 Å². The number of hydrogen-bond acceptors (Lipinski definition) is 10. The molecule has 0 atom stereocenters. The molecule has 0 aliphatic rings. The molecule has 0 aliphatic carbocycles. The van der Waals surface area contributed by atoms with E-state index in [0.29, 0.717) is 40.8 Å². The van der Waals surface area contributed by atoms with Gasteiger partial charge in [0.2, 0.25) is 5.91 Å². The molecule has 3 rings (SSSR count). The predicted octanol–water partition coefficient (Wildman–Crippen LogP) is -0.227. The zero-order chi connectivity index (χ0) is 26.8. The molecule has 14 heteroatoms. The summed E-state index contributed by atoms with van der Waals surface area (Å²) >= 11 is 1.09. The van der Waals surface area contributed by atoms with Gasteiger partial charge >= 0.3 is 0 Å². The molecule has 13 nitrogen and oxygen atoms in total. The number of benzene rings is 1. The van der Waals surface area contributed by atoms with Gasteiger partial charge in [-0.25, -0.2) is 4.98 Å². The molecule has 0 aliphatic heterocycles. The van der Waals surface area contributed by atoms with Crippen molar-refractivity contribution in [2.45, 2.75) is 32.6 Å². The summed E-state index contributed by atoms with van der Waals surface area (Å²) in [5.74, 6) is -0.612. The summed E-state index contributed by atoms with van der Waals surface area (Å²) in [5, 5.41) is 33.6. The summed E-state index contributed by atoms with van der Waals surface area (Å²) < 4.78 is 0. The number of carbonyl (C=O) groups excluding carboxylic acids is 4. The second-order valence-electron chi connectivity index (χ2n) is 7.65. The van der Waals surface area contributed by atoms with Crippen LogP contribution in [0, 0.1) is 0 Å². The van der Waals surface area contributed by atoms with E-state index in [1.54, 1.807) is 48.8 Å². The van der Waals surface area contributed by atoms with Gasteiger partial charge in [0.1, 0.15) is 17.1 Å². The smallest absolute Gasteiger partial charge is 0.263 e. The zero-order valence-corrected chi connectivity index (χ0v) is 20.4. The monoisotopic (exact) mass is 525 g/mol. The Hall–Kier alpha value is -4.72. The molecule has 0 saturated heterocycles. The van der Waals surface area contributed by atoms with Crippen molar-refractivity contribution in [2.24, 2.45) is 0 Å². The molecular formula is C23H23N7O6S-2. The summed E-state index contributed by atoms with van der Waals surface area (Å²) in [6, 6.07) is 10.3. The lowest BCUT2D eigenvalue weighted by Crippen LogP contribution is -2.58. The topological polar surface area (TPSA) is 200 Å². The Kier molecular flexibility index (Phi) is 9.32. The van der Waals surface area contributed by atoms with Crippen LogP contribution in [0.25, 0.3) is 0 Å². The van der Waals surface area contributed by atoms with E-state index in [0.717, 1.165) is 22.5 Å². The third-order valence-electron chi connectivity index (χ3n) is 4.83. The summed E-state index contributed by atoms with van der Waals surface area (Å²) in [7, 11) is 0. The van der Waals surface area contributed by atoms with Crippen LogP contribution >= 0.6 is 11.3 Å². The Balaban J connectivity index is 1.66. The lowest BCUT2D eigenvalue weighted by molar-refractivity contribution is -0.255. The third-order valence-corrected chi connectivity index (χ3v) is 5.84. The lowest BCUT2D eigenvalue weighted by atomic mass is 10.1. The van der Waals surface area contributed by atoms with Crippen LogP contribution in [0.2, 0.25) is 0 Å². The maximum atomic E-state index is 12.9. The summed E-state index contributed by atoms with van der Waals surface area (Å²) in [6.45, 7) is 1.67. The van der Waals surface area contributed by atoms with E-state index in [9.17, 15) is 29.4 Å². The van der Waals surface area contributed by atoms with Gasteiger partial charge in [-0.2, -0.15) is 0 Å². The van der Waals surface area contributed by atoms with Crippen LogP contribution in [0.4, 0.5) is 20.4 Å².